The third-order valence-corrected chi connectivity index (χ3v) is 11.7. The maximum absolute atomic E-state index is 13.9. The maximum Gasteiger partial charge on any atom is 0.306 e. The van der Waals surface area contributed by atoms with E-state index >= 15 is 0 Å². The summed E-state index contributed by atoms with van der Waals surface area (Å²) in [5.41, 5.74) is 1.70. The van der Waals surface area contributed by atoms with Crippen LogP contribution in [0.25, 0.3) is 0 Å². The first-order valence-electron chi connectivity index (χ1n) is 23.3. The molecular formula is C49H77NO9. The molecule has 0 saturated carbocycles. The number of rotatable bonds is 31. The number of unbranched alkanes of at least 4 members (excludes halogenated alkanes) is 18. The fourth-order valence-electron chi connectivity index (χ4n) is 8.09. The van der Waals surface area contributed by atoms with Gasteiger partial charge in [0.15, 0.2) is 12.6 Å². The van der Waals surface area contributed by atoms with Crippen LogP contribution in [-0.2, 0) is 39.9 Å². The Labute approximate surface area is 355 Å². The number of esters is 1. The van der Waals surface area contributed by atoms with Crippen LogP contribution in [0, 0.1) is 0 Å². The van der Waals surface area contributed by atoms with Crippen LogP contribution in [0.15, 0.2) is 54.6 Å². The van der Waals surface area contributed by atoms with Gasteiger partial charge in [-0.2, -0.15) is 0 Å². The minimum absolute atomic E-state index is 0.0117. The summed E-state index contributed by atoms with van der Waals surface area (Å²) < 4.78 is 36.3. The van der Waals surface area contributed by atoms with Crippen molar-refractivity contribution in [1.29, 1.82) is 0 Å². The Morgan fingerprint density at radius 1 is 0.746 bits per heavy atom. The van der Waals surface area contributed by atoms with E-state index in [-0.39, 0.29) is 31.5 Å². The third kappa shape index (κ3) is 18.6. The van der Waals surface area contributed by atoms with Crippen molar-refractivity contribution in [3.63, 3.8) is 0 Å². The zero-order chi connectivity index (χ0) is 41.9. The quantitative estimate of drug-likeness (QED) is 0.0565. The molecule has 0 bridgehead atoms. The Bertz CT molecular complexity index is 1390. The summed E-state index contributed by atoms with van der Waals surface area (Å²) in [4.78, 5) is 27.0. The zero-order valence-corrected chi connectivity index (χ0v) is 36.6. The van der Waals surface area contributed by atoms with Crippen molar-refractivity contribution in [2.75, 3.05) is 13.7 Å². The SMILES string of the molecule is CCCCCCCCCCCCCC(=O)O[C@H](CCCCCCCCCCC)CC(=O)N[C@H]1[C@@H](OCc2ccccc2)O[C@@H]2COC(c3ccc(OC)cc3)O[C@@H]2[C@@H]1O. The normalized spacial score (nSPS) is 22.0. The van der Waals surface area contributed by atoms with Gasteiger partial charge in [0, 0.05) is 12.0 Å². The molecule has 10 heteroatoms. The van der Waals surface area contributed by atoms with Crippen LogP contribution < -0.4 is 10.1 Å². The summed E-state index contributed by atoms with van der Waals surface area (Å²) in [5.74, 6) is 0.120. The second kappa shape index (κ2) is 29.3. The number of hydrogen-bond acceptors (Lipinski definition) is 9. The monoisotopic (exact) mass is 824 g/mol. The minimum atomic E-state index is -1.16. The van der Waals surface area contributed by atoms with E-state index in [9.17, 15) is 14.7 Å². The number of carbonyl (C=O) groups is 2. The van der Waals surface area contributed by atoms with Crippen molar-refractivity contribution in [3.8, 4) is 5.75 Å². The molecule has 1 amide bonds. The van der Waals surface area contributed by atoms with Gasteiger partial charge in [0.1, 0.15) is 36.2 Å². The first kappa shape index (κ1) is 48.6. The van der Waals surface area contributed by atoms with Crippen LogP contribution >= 0.6 is 0 Å². The van der Waals surface area contributed by atoms with E-state index in [2.05, 4.69) is 19.2 Å². The maximum atomic E-state index is 13.9. The predicted octanol–water partition coefficient (Wildman–Crippen LogP) is 10.8. The molecule has 2 heterocycles. The molecule has 0 spiro atoms. The number of ether oxygens (including phenoxy) is 6. The van der Waals surface area contributed by atoms with E-state index in [4.69, 9.17) is 28.4 Å². The van der Waals surface area contributed by atoms with Crippen molar-refractivity contribution in [3.05, 3.63) is 65.7 Å². The molecule has 2 N–H and O–H groups in total. The van der Waals surface area contributed by atoms with E-state index in [0.717, 1.165) is 49.7 Å². The lowest BCUT2D eigenvalue weighted by atomic mass is 9.95. The van der Waals surface area contributed by atoms with Gasteiger partial charge in [0.25, 0.3) is 0 Å². The highest BCUT2D eigenvalue weighted by atomic mass is 16.7. The Morgan fingerprint density at radius 2 is 1.32 bits per heavy atom. The van der Waals surface area contributed by atoms with Gasteiger partial charge in [0.2, 0.25) is 5.91 Å². The highest BCUT2D eigenvalue weighted by Gasteiger charge is 2.50. The smallest absolute Gasteiger partial charge is 0.306 e. The van der Waals surface area contributed by atoms with Gasteiger partial charge in [-0.25, -0.2) is 0 Å². The fraction of sp³-hybridized carbons (Fsp3) is 0.714. The van der Waals surface area contributed by atoms with E-state index in [1.165, 1.54) is 89.9 Å². The summed E-state index contributed by atoms with van der Waals surface area (Å²) in [6, 6.07) is 16.1. The van der Waals surface area contributed by atoms with Gasteiger partial charge >= 0.3 is 5.97 Å². The first-order chi connectivity index (χ1) is 28.9. The van der Waals surface area contributed by atoms with Crippen LogP contribution in [0.5, 0.6) is 5.75 Å². The van der Waals surface area contributed by atoms with Gasteiger partial charge < -0.3 is 38.8 Å². The molecule has 0 aliphatic carbocycles. The average Bonchev–Trinajstić information content (AvgIpc) is 3.25. The minimum Gasteiger partial charge on any atom is -0.497 e. The number of amides is 1. The molecule has 2 fully saturated rings. The third-order valence-electron chi connectivity index (χ3n) is 11.7. The van der Waals surface area contributed by atoms with Crippen LogP contribution in [0.3, 0.4) is 0 Å². The highest BCUT2D eigenvalue weighted by molar-refractivity contribution is 5.77. The summed E-state index contributed by atoms with van der Waals surface area (Å²) in [5, 5.41) is 14.9. The van der Waals surface area contributed by atoms with Crippen molar-refractivity contribution in [1.82, 2.24) is 5.32 Å². The molecule has 0 radical (unpaired) electrons. The Morgan fingerprint density at radius 3 is 1.92 bits per heavy atom. The molecule has 1 unspecified atom stereocenters. The van der Waals surface area contributed by atoms with Gasteiger partial charge in [-0.15, -0.1) is 0 Å². The van der Waals surface area contributed by atoms with E-state index in [1.54, 1.807) is 7.11 Å². The number of aliphatic hydroxyl groups excluding tert-OH is 1. The molecule has 332 valence electrons. The topological polar surface area (TPSA) is 122 Å². The number of benzene rings is 2. The standard InChI is InChI=1S/C49H77NO9/c1-4-6-8-10-12-14-15-17-19-21-26-30-44(52)57-41(29-25-20-18-16-13-11-9-7-5-2)35-43(51)50-45-46(53)47-42(58-49(45)55-36-38-27-23-22-24-28-38)37-56-48(59-47)39-31-33-40(54-3)34-32-39/h22-24,27-28,31-34,41-42,45-49,53H,4-21,25-26,29-30,35-37H2,1-3H3,(H,50,51)/t41-,42-,45-,46-,47+,48?,49+/m1/s1. The summed E-state index contributed by atoms with van der Waals surface area (Å²) in [6.45, 7) is 4.87. The molecule has 10 nitrogen and oxygen atoms in total. The molecule has 2 aliphatic rings. The lowest BCUT2D eigenvalue weighted by Gasteiger charge is -2.47. The Kier molecular flexibility index (Phi) is 24.1. The predicted molar refractivity (Wildman–Crippen MR) is 232 cm³/mol. The summed E-state index contributed by atoms with van der Waals surface area (Å²) in [7, 11) is 1.61. The van der Waals surface area contributed by atoms with E-state index < -0.39 is 43.0 Å². The van der Waals surface area contributed by atoms with Crippen molar-refractivity contribution < 1.29 is 43.1 Å². The van der Waals surface area contributed by atoms with Crippen LogP contribution in [0.2, 0.25) is 0 Å². The number of nitrogens with one attached hydrogen (secondary N) is 1. The largest absolute Gasteiger partial charge is 0.497 e. The number of aliphatic hydroxyl groups is 1. The van der Waals surface area contributed by atoms with E-state index in [1.807, 2.05) is 54.6 Å². The fourth-order valence-corrected chi connectivity index (χ4v) is 8.09. The number of hydrogen-bond donors (Lipinski definition) is 2. The average molecular weight is 824 g/mol. The van der Waals surface area contributed by atoms with Crippen LogP contribution in [0.4, 0.5) is 0 Å². The number of methoxy groups -OCH3 is 1. The van der Waals surface area contributed by atoms with Gasteiger partial charge in [-0.1, -0.05) is 172 Å². The second-order valence-electron chi connectivity index (χ2n) is 16.7. The van der Waals surface area contributed by atoms with Gasteiger partial charge in [-0.05, 0) is 37.0 Å². The summed E-state index contributed by atoms with van der Waals surface area (Å²) in [6.07, 6.45) is 20.0. The molecule has 2 aliphatic heterocycles. The van der Waals surface area contributed by atoms with E-state index in [0.29, 0.717) is 18.6 Å². The Balaban J connectivity index is 1.33. The van der Waals surface area contributed by atoms with Crippen molar-refractivity contribution in [2.45, 2.75) is 211 Å². The first-order valence-corrected chi connectivity index (χ1v) is 23.3. The molecule has 59 heavy (non-hydrogen) atoms. The van der Waals surface area contributed by atoms with Crippen molar-refractivity contribution >= 4 is 11.9 Å². The molecule has 4 rings (SSSR count). The molecule has 2 aromatic rings. The second-order valence-corrected chi connectivity index (χ2v) is 16.7. The number of fused-ring (bicyclic) bond motifs is 1. The Hall–Kier alpha value is -3.02. The zero-order valence-electron chi connectivity index (χ0n) is 36.6. The van der Waals surface area contributed by atoms with Crippen LogP contribution in [-0.4, -0.2) is 67.4 Å². The van der Waals surface area contributed by atoms with Gasteiger partial charge in [-0.3, -0.25) is 9.59 Å². The van der Waals surface area contributed by atoms with Crippen LogP contribution in [0.1, 0.15) is 179 Å². The molecular weight excluding hydrogens is 747 g/mol. The molecule has 2 saturated heterocycles. The van der Waals surface area contributed by atoms with Crippen molar-refractivity contribution in [2.24, 2.45) is 0 Å². The lowest BCUT2D eigenvalue weighted by molar-refractivity contribution is -0.345. The summed E-state index contributed by atoms with van der Waals surface area (Å²) >= 11 is 0. The molecule has 2 aromatic carbocycles. The lowest BCUT2D eigenvalue weighted by Crippen LogP contribution is -2.66. The highest BCUT2D eigenvalue weighted by Crippen LogP contribution is 2.35. The van der Waals surface area contributed by atoms with Gasteiger partial charge in [0.05, 0.1) is 26.7 Å². The molecule has 7 atom stereocenters. The number of carbonyl (C=O) groups excluding carboxylic acids is 2. The molecule has 0 aromatic heterocycles.